The smallest absolute Gasteiger partial charge is 0.0489 e. The van der Waals surface area contributed by atoms with E-state index in [1.807, 2.05) is 23.1 Å². The molecule has 0 fully saturated rings. The third-order valence-electron chi connectivity index (χ3n) is 1.73. The lowest BCUT2D eigenvalue weighted by molar-refractivity contribution is 0.618. The molecule has 2 heterocycles. The zero-order chi connectivity index (χ0) is 8.23. The summed E-state index contributed by atoms with van der Waals surface area (Å²) in [7, 11) is 0. The SMILES string of the molecule is c1csc(CCn2cccn2)c1. The maximum atomic E-state index is 4.14. The van der Waals surface area contributed by atoms with E-state index in [4.69, 9.17) is 0 Å². The topological polar surface area (TPSA) is 17.8 Å². The fraction of sp³-hybridized carbons (Fsp3) is 0.222. The van der Waals surface area contributed by atoms with Gasteiger partial charge in [0.2, 0.25) is 0 Å². The molecule has 0 unspecified atom stereocenters. The molecule has 0 bridgehead atoms. The Labute approximate surface area is 75.5 Å². The summed E-state index contributed by atoms with van der Waals surface area (Å²) in [4.78, 5) is 1.42. The van der Waals surface area contributed by atoms with Crippen molar-refractivity contribution in [3.8, 4) is 0 Å². The molecule has 0 N–H and O–H groups in total. The Kier molecular flexibility index (Phi) is 2.23. The van der Waals surface area contributed by atoms with E-state index in [1.54, 1.807) is 11.3 Å². The molecule has 2 aromatic rings. The molecule has 2 rings (SSSR count). The number of aromatic nitrogens is 2. The van der Waals surface area contributed by atoms with Crippen molar-refractivity contribution in [1.82, 2.24) is 9.78 Å². The molecule has 0 spiro atoms. The van der Waals surface area contributed by atoms with Crippen LogP contribution < -0.4 is 0 Å². The number of hydrogen-bond donors (Lipinski definition) is 0. The predicted molar refractivity (Wildman–Crippen MR) is 50.3 cm³/mol. The summed E-state index contributed by atoms with van der Waals surface area (Å²) in [6, 6.07) is 6.20. The number of nitrogens with zero attached hydrogens (tertiary/aromatic N) is 2. The highest BCUT2D eigenvalue weighted by atomic mass is 32.1. The number of hydrogen-bond acceptors (Lipinski definition) is 2. The van der Waals surface area contributed by atoms with Gasteiger partial charge in [0.1, 0.15) is 0 Å². The molecule has 0 amide bonds. The molecule has 0 saturated carbocycles. The lowest BCUT2D eigenvalue weighted by Crippen LogP contribution is -1.99. The van der Waals surface area contributed by atoms with E-state index in [9.17, 15) is 0 Å². The van der Waals surface area contributed by atoms with Gasteiger partial charge in [-0.15, -0.1) is 11.3 Å². The van der Waals surface area contributed by atoms with Crippen LogP contribution in [0.1, 0.15) is 4.88 Å². The second-order valence-electron chi connectivity index (χ2n) is 2.60. The lowest BCUT2D eigenvalue weighted by Gasteiger charge is -1.97. The van der Waals surface area contributed by atoms with Gasteiger partial charge in [0.05, 0.1) is 0 Å². The van der Waals surface area contributed by atoms with Crippen LogP contribution >= 0.6 is 11.3 Å². The average molecular weight is 178 g/mol. The van der Waals surface area contributed by atoms with Crippen LogP contribution in [0, 0.1) is 0 Å². The largest absolute Gasteiger partial charge is 0.272 e. The van der Waals surface area contributed by atoms with Gasteiger partial charge < -0.3 is 0 Å². The maximum absolute atomic E-state index is 4.14. The van der Waals surface area contributed by atoms with Crippen molar-refractivity contribution in [2.24, 2.45) is 0 Å². The summed E-state index contributed by atoms with van der Waals surface area (Å²) in [5, 5.41) is 6.25. The predicted octanol–water partition coefficient (Wildman–Crippen LogP) is 2.19. The molecule has 12 heavy (non-hydrogen) atoms. The molecule has 2 nitrogen and oxygen atoms in total. The molecule has 0 aliphatic rings. The Hall–Kier alpha value is -1.09. The fourth-order valence-electron chi connectivity index (χ4n) is 1.11. The van der Waals surface area contributed by atoms with E-state index >= 15 is 0 Å². The summed E-state index contributed by atoms with van der Waals surface area (Å²) in [5.74, 6) is 0. The second-order valence-corrected chi connectivity index (χ2v) is 3.63. The van der Waals surface area contributed by atoms with Gasteiger partial charge in [-0.3, -0.25) is 4.68 Å². The fourth-order valence-corrected chi connectivity index (χ4v) is 1.81. The normalized spacial score (nSPS) is 10.3. The van der Waals surface area contributed by atoms with Gasteiger partial charge in [0.15, 0.2) is 0 Å². The molecule has 0 atom stereocenters. The minimum atomic E-state index is 0.980. The molecule has 0 aromatic carbocycles. The highest BCUT2D eigenvalue weighted by Gasteiger charge is 1.94. The van der Waals surface area contributed by atoms with Crippen molar-refractivity contribution >= 4 is 11.3 Å². The third-order valence-corrected chi connectivity index (χ3v) is 2.66. The van der Waals surface area contributed by atoms with Crippen LogP contribution in [-0.2, 0) is 13.0 Å². The van der Waals surface area contributed by atoms with Crippen molar-refractivity contribution in [3.05, 3.63) is 40.8 Å². The van der Waals surface area contributed by atoms with Crippen LogP contribution in [0.2, 0.25) is 0 Å². The standard InChI is InChI=1S/C9H10N2S/c1-3-9(12-8-1)4-7-11-6-2-5-10-11/h1-3,5-6,8H,4,7H2. The van der Waals surface area contributed by atoms with Gasteiger partial charge >= 0.3 is 0 Å². The van der Waals surface area contributed by atoms with Crippen LogP contribution in [-0.4, -0.2) is 9.78 Å². The minimum Gasteiger partial charge on any atom is -0.272 e. The van der Waals surface area contributed by atoms with Crippen LogP contribution in [0.4, 0.5) is 0 Å². The molecule has 0 saturated heterocycles. The summed E-state index contributed by atoms with van der Waals surface area (Å²) in [6.07, 6.45) is 4.89. The Morgan fingerprint density at radius 3 is 3.08 bits per heavy atom. The summed E-state index contributed by atoms with van der Waals surface area (Å²) in [6.45, 7) is 0.980. The van der Waals surface area contributed by atoms with Crippen molar-refractivity contribution in [3.63, 3.8) is 0 Å². The van der Waals surface area contributed by atoms with Gasteiger partial charge in [-0.05, 0) is 17.5 Å². The molecular weight excluding hydrogens is 168 g/mol. The zero-order valence-corrected chi connectivity index (χ0v) is 7.50. The Morgan fingerprint density at radius 2 is 2.42 bits per heavy atom. The van der Waals surface area contributed by atoms with E-state index in [0.717, 1.165) is 13.0 Å². The maximum Gasteiger partial charge on any atom is 0.0489 e. The van der Waals surface area contributed by atoms with E-state index in [1.165, 1.54) is 4.88 Å². The van der Waals surface area contributed by atoms with Crippen LogP contribution in [0.25, 0.3) is 0 Å². The molecule has 3 heteroatoms. The Morgan fingerprint density at radius 1 is 1.42 bits per heavy atom. The number of rotatable bonds is 3. The summed E-state index contributed by atoms with van der Waals surface area (Å²) >= 11 is 1.80. The first-order valence-corrected chi connectivity index (χ1v) is 4.83. The van der Waals surface area contributed by atoms with E-state index in [0.29, 0.717) is 0 Å². The molecule has 0 aliphatic carbocycles. The van der Waals surface area contributed by atoms with Crippen molar-refractivity contribution in [2.75, 3.05) is 0 Å². The van der Waals surface area contributed by atoms with Gasteiger partial charge in [-0.1, -0.05) is 6.07 Å². The zero-order valence-electron chi connectivity index (χ0n) is 6.68. The first-order chi connectivity index (χ1) is 5.95. The van der Waals surface area contributed by atoms with Crippen LogP contribution in [0.3, 0.4) is 0 Å². The third kappa shape index (κ3) is 1.74. The highest BCUT2D eigenvalue weighted by molar-refractivity contribution is 7.09. The summed E-state index contributed by atoms with van der Waals surface area (Å²) in [5.41, 5.74) is 0. The molecule has 0 aliphatic heterocycles. The Bertz CT molecular complexity index is 276. The van der Waals surface area contributed by atoms with Crippen molar-refractivity contribution < 1.29 is 0 Å². The molecular formula is C9H10N2S. The van der Waals surface area contributed by atoms with Crippen molar-refractivity contribution in [2.45, 2.75) is 13.0 Å². The molecule has 2 aromatic heterocycles. The number of aryl methyl sites for hydroxylation is 2. The number of thiophene rings is 1. The monoisotopic (exact) mass is 178 g/mol. The highest BCUT2D eigenvalue weighted by Crippen LogP contribution is 2.09. The lowest BCUT2D eigenvalue weighted by atomic mass is 10.3. The van der Waals surface area contributed by atoms with Gasteiger partial charge in [-0.25, -0.2) is 0 Å². The minimum absolute atomic E-state index is 0.980. The van der Waals surface area contributed by atoms with Gasteiger partial charge in [-0.2, -0.15) is 5.10 Å². The molecule has 0 radical (unpaired) electrons. The van der Waals surface area contributed by atoms with E-state index < -0.39 is 0 Å². The van der Waals surface area contributed by atoms with E-state index in [-0.39, 0.29) is 0 Å². The van der Waals surface area contributed by atoms with Gasteiger partial charge in [0.25, 0.3) is 0 Å². The van der Waals surface area contributed by atoms with Crippen molar-refractivity contribution in [1.29, 1.82) is 0 Å². The first-order valence-electron chi connectivity index (χ1n) is 3.95. The quantitative estimate of drug-likeness (QED) is 0.704. The van der Waals surface area contributed by atoms with Gasteiger partial charge in [0, 0.05) is 30.2 Å². The average Bonchev–Trinajstić information content (AvgIpc) is 2.74. The Balaban J connectivity index is 1.91. The first kappa shape index (κ1) is 7.55. The van der Waals surface area contributed by atoms with Crippen LogP contribution in [0.5, 0.6) is 0 Å². The second kappa shape index (κ2) is 3.54. The van der Waals surface area contributed by atoms with E-state index in [2.05, 4.69) is 22.6 Å². The molecule has 62 valence electrons. The van der Waals surface area contributed by atoms with Crippen LogP contribution in [0.15, 0.2) is 36.0 Å². The summed E-state index contributed by atoms with van der Waals surface area (Å²) < 4.78 is 1.96.